The molecule has 0 unspecified atom stereocenters. The van der Waals surface area contributed by atoms with Crippen molar-refractivity contribution in [1.29, 1.82) is 0 Å². The van der Waals surface area contributed by atoms with E-state index < -0.39 is 0 Å². The Hall–Kier alpha value is -3.74. The van der Waals surface area contributed by atoms with E-state index in [1.807, 2.05) is 18.2 Å². The van der Waals surface area contributed by atoms with Gasteiger partial charge in [0.25, 0.3) is 5.91 Å². The van der Waals surface area contributed by atoms with Crippen LogP contribution in [0.5, 0.6) is 17.2 Å². The smallest absolute Gasteiger partial charge is 0.256 e. The number of methoxy groups -OCH3 is 3. The van der Waals surface area contributed by atoms with Gasteiger partial charge in [0.2, 0.25) is 0 Å². The largest absolute Gasteiger partial charge is 0.497 e. The molecule has 3 aromatic rings. The summed E-state index contributed by atoms with van der Waals surface area (Å²) in [5.74, 6) is 2.16. The highest BCUT2D eigenvalue weighted by Gasteiger charge is 2.09. The van der Waals surface area contributed by atoms with Crippen molar-refractivity contribution in [2.75, 3.05) is 32.0 Å². The summed E-state index contributed by atoms with van der Waals surface area (Å²) in [6.45, 7) is 0. The summed E-state index contributed by atoms with van der Waals surface area (Å²) in [6, 6.07) is 15.9. The molecule has 0 aliphatic rings. The van der Waals surface area contributed by atoms with E-state index in [4.69, 9.17) is 14.2 Å². The van der Waals surface area contributed by atoms with E-state index in [-0.39, 0.29) is 5.91 Å². The van der Waals surface area contributed by atoms with Crippen molar-refractivity contribution in [3.05, 3.63) is 66.4 Å². The van der Waals surface area contributed by atoms with E-state index in [1.54, 1.807) is 63.9 Å². The Morgan fingerprint density at radius 3 is 2.36 bits per heavy atom. The lowest BCUT2D eigenvalue weighted by atomic mass is 10.2. The highest BCUT2D eigenvalue weighted by Crippen LogP contribution is 2.31. The first-order valence-electron chi connectivity index (χ1n) is 8.53. The molecule has 0 atom stereocenters. The van der Waals surface area contributed by atoms with Crippen LogP contribution in [0.15, 0.2) is 60.8 Å². The molecule has 0 fully saturated rings. The summed E-state index contributed by atoms with van der Waals surface area (Å²) < 4.78 is 15.7. The fraction of sp³-hybridized carbons (Fsp3) is 0.143. The lowest BCUT2D eigenvalue weighted by Crippen LogP contribution is -2.13. The standard InChI is InChI=1S/C21H21N3O4/c1-26-16-6-4-5-14(11-16)21(25)24-20-10-7-15(13-22-20)23-18-9-8-17(27-2)12-19(18)28-3/h4-13,23H,1-3H3,(H,22,24,25). The Kier molecular flexibility index (Phi) is 5.96. The number of ether oxygens (including phenoxy) is 3. The predicted octanol–water partition coefficient (Wildman–Crippen LogP) is 4.10. The maximum Gasteiger partial charge on any atom is 0.256 e. The maximum atomic E-state index is 12.4. The number of pyridine rings is 1. The van der Waals surface area contributed by atoms with Crippen LogP contribution in [0.1, 0.15) is 10.4 Å². The van der Waals surface area contributed by atoms with Gasteiger partial charge in [-0.25, -0.2) is 4.98 Å². The molecular weight excluding hydrogens is 358 g/mol. The molecule has 0 saturated heterocycles. The monoisotopic (exact) mass is 379 g/mol. The third kappa shape index (κ3) is 4.50. The molecule has 0 radical (unpaired) electrons. The van der Waals surface area contributed by atoms with Gasteiger partial charge in [-0.2, -0.15) is 0 Å². The van der Waals surface area contributed by atoms with Crippen LogP contribution in [0, 0.1) is 0 Å². The van der Waals surface area contributed by atoms with Gasteiger partial charge in [0.1, 0.15) is 23.1 Å². The molecule has 1 amide bonds. The summed E-state index contributed by atoms with van der Waals surface area (Å²) in [4.78, 5) is 16.6. The zero-order chi connectivity index (χ0) is 19.9. The average molecular weight is 379 g/mol. The van der Waals surface area contributed by atoms with Gasteiger partial charge in [0, 0.05) is 11.6 Å². The third-order valence-corrected chi connectivity index (χ3v) is 4.02. The van der Waals surface area contributed by atoms with Crippen LogP contribution >= 0.6 is 0 Å². The van der Waals surface area contributed by atoms with Crippen LogP contribution in [0.2, 0.25) is 0 Å². The molecule has 0 bridgehead atoms. The fourth-order valence-corrected chi connectivity index (χ4v) is 2.55. The molecular formula is C21H21N3O4. The van der Waals surface area contributed by atoms with Gasteiger partial charge in [-0.1, -0.05) is 6.07 Å². The van der Waals surface area contributed by atoms with Gasteiger partial charge >= 0.3 is 0 Å². The summed E-state index contributed by atoms with van der Waals surface area (Å²) in [5, 5.41) is 5.99. The van der Waals surface area contributed by atoms with Crippen molar-refractivity contribution >= 4 is 23.1 Å². The highest BCUT2D eigenvalue weighted by atomic mass is 16.5. The molecule has 0 spiro atoms. The Morgan fingerprint density at radius 1 is 0.893 bits per heavy atom. The summed E-state index contributed by atoms with van der Waals surface area (Å²) in [6.07, 6.45) is 1.63. The molecule has 7 heteroatoms. The molecule has 1 aromatic heterocycles. The van der Waals surface area contributed by atoms with Gasteiger partial charge in [-0.05, 0) is 42.5 Å². The van der Waals surface area contributed by atoms with Crippen molar-refractivity contribution in [2.45, 2.75) is 0 Å². The molecule has 2 N–H and O–H groups in total. The Bertz CT molecular complexity index is 958. The van der Waals surface area contributed by atoms with Crippen molar-refractivity contribution in [3.8, 4) is 17.2 Å². The molecule has 0 aliphatic heterocycles. The van der Waals surface area contributed by atoms with Crippen LogP contribution in [-0.4, -0.2) is 32.2 Å². The number of carbonyl (C=O) groups is 1. The fourth-order valence-electron chi connectivity index (χ4n) is 2.55. The summed E-state index contributed by atoms with van der Waals surface area (Å²) in [5.41, 5.74) is 2.02. The Balaban J connectivity index is 1.69. The minimum atomic E-state index is -0.260. The molecule has 7 nitrogen and oxygen atoms in total. The van der Waals surface area contributed by atoms with E-state index in [2.05, 4.69) is 15.6 Å². The summed E-state index contributed by atoms with van der Waals surface area (Å²) >= 11 is 0. The van der Waals surface area contributed by atoms with Crippen LogP contribution < -0.4 is 24.8 Å². The number of carbonyl (C=O) groups excluding carboxylic acids is 1. The zero-order valence-corrected chi connectivity index (χ0v) is 15.9. The van der Waals surface area contributed by atoms with E-state index in [0.717, 1.165) is 11.4 Å². The number of rotatable bonds is 7. The predicted molar refractivity (Wildman–Crippen MR) is 108 cm³/mol. The minimum Gasteiger partial charge on any atom is -0.497 e. The van der Waals surface area contributed by atoms with Crippen LogP contribution in [-0.2, 0) is 0 Å². The van der Waals surface area contributed by atoms with Crippen molar-refractivity contribution in [2.24, 2.45) is 0 Å². The summed E-state index contributed by atoms with van der Waals surface area (Å²) in [7, 11) is 4.75. The molecule has 144 valence electrons. The van der Waals surface area contributed by atoms with E-state index in [0.29, 0.717) is 28.6 Å². The first-order chi connectivity index (χ1) is 13.6. The topological polar surface area (TPSA) is 81.7 Å². The van der Waals surface area contributed by atoms with Crippen LogP contribution in [0.4, 0.5) is 17.2 Å². The number of hydrogen-bond donors (Lipinski definition) is 2. The van der Waals surface area contributed by atoms with Gasteiger partial charge in [-0.15, -0.1) is 0 Å². The van der Waals surface area contributed by atoms with Gasteiger partial charge < -0.3 is 24.8 Å². The van der Waals surface area contributed by atoms with E-state index in [9.17, 15) is 4.79 Å². The van der Waals surface area contributed by atoms with Crippen molar-refractivity contribution < 1.29 is 19.0 Å². The normalized spacial score (nSPS) is 10.1. The molecule has 0 aliphatic carbocycles. The molecule has 1 heterocycles. The average Bonchev–Trinajstić information content (AvgIpc) is 2.75. The number of amides is 1. The number of nitrogens with one attached hydrogen (secondary N) is 2. The van der Waals surface area contributed by atoms with Crippen molar-refractivity contribution in [3.63, 3.8) is 0 Å². The quantitative estimate of drug-likeness (QED) is 0.643. The molecule has 3 rings (SSSR count). The van der Waals surface area contributed by atoms with E-state index >= 15 is 0 Å². The number of aromatic nitrogens is 1. The first-order valence-corrected chi connectivity index (χ1v) is 8.53. The zero-order valence-electron chi connectivity index (χ0n) is 15.9. The maximum absolute atomic E-state index is 12.4. The highest BCUT2D eigenvalue weighted by molar-refractivity contribution is 6.04. The second kappa shape index (κ2) is 8.77. The van der Waals surface area contributed by atoms with Gasteiger partial charge in [0.05, 0.1) is 38.9 Å². The van der Waals surface area contributed by atoms with Crippen LogP contribution in [0.3, 0.4) is 0 Å². The second-order valence-electron chi connectivity index (χ2n) is 5.81. The van der Waals surface area contributed by atoms with E-state index in [1.165, 1.54) is 0 Å². The van der Waals surface area contributed by atoms with Crippen molar-refractivity contribution in [1.82, 2.24) is 4.98 Å². The Morgan fingerprint density at radius 2 is 1.68 bits per heavy atom. The van der Waals surface area contributed by atoms with Gasteiger partial charge in [0.15, 0.2) is 0 Å². The third-order valence-electron chi connectivity index (χ3n) is 4.02. The Labute approximate surface area is 163 Å². The first kappa shape index (κ1) is 19.0. The number of nitrogens with zero attached hydrogens (tertiary/aromatic N) is 1. The minimum absolute atomic E-state index is 0.260. The lowest BCUT2D eigenvalue weighted by molar-refractivity contribution is 0.102. The van der Waals surface area contributed by atoms with Gasteiger partial charge in [-0.3, -0.25) is 4.79 Å². The number of anilines is 3. The second-order valence-corrected chi connectivity index (χ2v) is 5.81. The SMILES string of the molecule is COc1cccc(C(=O)Nc2ccc(Nc3ccc(OC)cc3OC)cn2)c1. The molecule has 0 saturated carbocycles. The number of benzene rings is 2. The number of hydrogen-bond acceptors (Lipinski definition) is 6. The molecule has 2 aromatic carbocycles. The lowest BCUT2D eigenvalue weighted by Gasteiger charge is -2.13. The molecule has 28 heavy (non-hydrogen) atoms. The van der Waals surface area contributed by atoms with Crippen LogP contribution in [0.25, 0.3) is 0 Å².